The van der Waals surface area contributed by atoms with E-state index < -0.39 is 0 Å². The van der Waals surface area contributed by atoms with Gasteiger partial charge in [-0.3, -0.25) is 0 Å². The van der Waals surface area contributed by atoms with Crippen molar-refractivity contribution in [2.45, 2.75) is 32.4 Å². The second-order valence-corrected chi connectivity index (χ2v) is 3.96. The lowest BCUT2D eigenvalue weighted by atomic mass is 10.1. The van der Waals surface area contributed by atoms with Crippen molar-refractivity contribution in [2.75, 3.05) is 13.7 Å². The van der Waals surface area contributed by atoms with E-state index in [2.05, 4.69) is 5.32 Å². The first-order chi connectivity index (χ1) is 8.21. The molecule has 0 heterocycles. The molecule has 17 heavy (non-hydrogen) atoms. The molecule has 0 aromatic heterocycles. The maximum atomic E-state index is 13.6. The molecule has 0 saturated carbocycles. The summed E-state index contributed by atoms with van der Waals surface area (Å²) in [6.45, 7) is 2.66. The van der Waals surface area contributed by atoms with Crippen LogP contribution in [0.3, 0.4) is 0 Å². The van der Waals surface area contributed by atoms with Crippen molar-refractivity contribution >= 4 is 0 Å². The van der Waals surface area contributed by atoms with Crippen molar-refractivity contribution < 1.29 is 14.2 Å². The van der Waals surface area contributed by atoms with Gasteiger partial charge in [0, 0.05) is 30.8 Å². The zero-order valence-corrected chi connectivity index (χ0v) is 10.4. The van der Waals surface area contributed by atoms with E-state index in [1.807, 2.05) is 6.92 Å². The maximum Gasteiger partial charge on any atom is 0.131 e. The van der Waals surface area contributed by atoms with E-state index in [1.54, 1.807) is 12.1 Å². The fourth-order valence-electron chi connectivity index (χ4n) is 1.66. The molecule has 1 aromatic rings. The Morgan fingerprint density at radius 3 is 2.76 bits per heavy atom. The van der Waals surface area contributed by atoms with Gasteiger partial charge < -0.3 is 15.2 Å². The van der Waals surface area contributed by atoms with E-state index in [4.69, 9.17) is 9.84 Å². The first-order valence-corrected chi connectivity index (χ1v) is 5.88. The van der Waals surface area contributed by atoms with Gasteiger partial charge >= 0.3 is 0 Å². The van der Waals surface area contributed by atoms with Crippen LogP contribution < -0.4 is 10.1 Å². The van der Waals surface area contributed by atoms with Crippen molar-refractivity contribution in [3.05, 3.63) is 29.6 Å². The summed E-state index contributed by atoms with van der Waals surface area (Å²) in [6, 6.07) is 5.06. The molecular formula is C13H20FNO2. The molecule has 1 unspecified atom stereocenters. The predicted molar refractivity (Wildman–Crippen MR) is 65.6 cm³/mol. The number of nitrogens with one attached hydrogen (secondary N) is 1. The van der Waals surface area contributed by atoms with Crippen LogP contribution in [0, 0.1) is 5.82 Å². The van der Waals surface area contributed by atoms with Crippen LogP contribution in [0.1, 0.15) is 25.3 Å². The lowest BCUT2D eigenvalue weighted by Gasteiger charge is -2.16. The highest BCUT2D eigenvalue weighted by Gasteiger charge is 2.08. The van der Waals surface area contributed by atoms with Crippen LogP contribution in [0.15, 0.2) is 18.2 Å². The second kappa shape index (κ2) is 7.25. The summed E-state index contributed by atoms with van der Waals surface area (Å²) >= 11 is 0. The average molecular weight is 241 g/mol. The molecule has 2 N–H and O–H groups in total. The van der Waals surface area contributed by atoms with Gasteiger partial charge in [-0.2, -0.15) is 0 Å². The number of aliphatic hydroxyl groups excluding tert-OH is 1. The smallest absolute Gasteiger partial charge is 0.131 e. The number of methoxy groups -OCH3 is 1. The van der Waals surface area contributed by atoms with Crippen LogP contribution in [0.4, 0.5) is 4.39 Å². The largest absolute Gasteiger partial charge is 0.497 e. The molecule has 0 fully saturated rings. The van der Waals surface area contributed by atoms with Crippen LogP contribution >= 0.6 is 0 Å². The molecule has 0 aliphatic carbocycles. The van der Waals surface area contributed by atoms with Gasteiger partial charge in [0.1, 0.15) is 11.6 Å². The normalized spacial score (nSPS) is 12.5. The third-order valence-electron chi connectivity index (χ3n) is 2.81. The number of ether oxygens (including phenoxy) is 1. The Hall–Kier alpha value is -1.13. The standard InChI is InChI=1S/C13H20FNO2/c1-3-11(6-7-16)15-9-10-4-5-12(17-2)8-13(10)14/h4-5,8,11,15-16H,3,6-7,9H2,1-2H3. The monoisotopic (exact) mass is 241 g/mol. The van der Waals surface area contributed by atoms with E-state index in [0.717, 1.165) is 6.42 Å². The number of hydrogen-bond acceptors (Lipinski definition) is 3. The highest BCUT2D eigenvalue weighted by atomic mass is 19.1. The first-order valence-electron chi connectivity index (χ1n) is 5.88. The highest BCUT2D eigenvalue weighted by Crippen LogP contribution is 2.16. The fraction of sp³-hybridized carbons (Fsp3) is 0.538. The van der Waals surface area contributed by atoms with Gasteiger partial charge in [-0.25, -0.2) is 4.39 Å². The van der Waals surface area contributed by atoms with Crippen molar-refractivity contribution in [1.82, 2.24) is 5.32 Å². The van der Waals surface area contributed by atoms with E-state index in [9.17, 15) is 4.39 Å². The summed E-state index contributed by atoms with van der Waals surface area (Å²) in [5.74, 6) is 0.254. The van der Waals surface area contributed by atoms with Gasteiger partial charge in [0.15, 0.2) is 0 Å². The van der Waals surface area contributed by atoms with Crippen LogP contribution in [0.5, 0.6) is 5.75 Å². The third-order valence-corrected chi connectivity index (χ3v) is 2.81. The third kappa shape index (κ3) is 4.32. The minimum Gasteiger partial charge on any atom is -0.497 e. The van der Waals surface area contributed by atoms with Crippen LogP contribution in [-0.4, -0.2) is 24.9 Å². The number of rotatable bonds is 7. The van der Waals surface area contributed by atoms with Gasteiger partial charge in [-0.05, 0) is 18.9 Å². The predicted octanol–water partition coefficient (Wildman–Crippen LogP) is 2.08. The van der Waals surface area contributed by atoms with Gasteiger partial charge in [0.05, 0.1) is 7.11 Å². The molecule has 0 aliphatic heterocycles. The van der Waals surface area contributed by atoms with E-state index in [1.165, 1.54) is 13.2 Å². The van der Waals surface area contributed by atoms with Crippen LogP contribution in [0.25, 0.3) is 0 Å². The van der Waals surface area contributed by atoms with Crippen molar-refractivity contribution in [3.63, 3.8) is 0 Å². The molecule has 3 nitrogen and oxygen atoms in total. The Kier molecular flexibility index (Phi) is 5.94. The molecule has 1 rings (SSSR count). The summed E-state index contributed by atoms with van der Waals surface area (Å²) in [5.41, 5.74) is 0.613. The molecule has 4 heteroatoms. The molecular weight excluding hydrogens is 221 g/mol. The molecule has 0 bridgehead atoms. The Bertz CT molecular complexity index is 344. The summed E-state index contributed by atoms with van der Waals surface area (Å²) in [5, 5.41) is 12.1. The molecule has 0 spiro atoms. The molecule has 0 saturated heterocycles. The van der Waals surface area contributed by atoms with Gasteiger partial charge in [0.25, 0.3) is 0 Å². The molecule has 0 aliphatic rings. The highest BCUT2D eigenvalue weighted by molar-refractivity contribution is 5.28. The van der Waals surface area contributed by atoms with Gasteiger partial charge in [-0.1, -0.05) is 13.0 Å². The van der Waals surface area contributed by atoms with E-state index >= 15 is 0 Å². The molecule has 1 atom stereocenters. The second-order valence-electron chi connectivity index (χ2n) is 3.96. The van der Waals surface area contributed by atoms with Crippen molar-refractivity contribution in [1.29, 1.82) is 0 Å². The molecule has 96 valence electrons. The topological polar surface area (TPSA) is 41.5 Å². The van der Waals surface area contributed by atoms with Gasteiger partial charge in [0.2, 0.25) is 0 Å². The summed E-state index contributed by atoms with van der Waals surface area (Å²) in [4.78, 5) is 0. The fourth-order valence-corrected chi connectivity index (χ4v) is 1.66. The zero-order chi connectivity index (χ0) is 12.7. The first kappa shape index (κ1) is 13.9. The van der Waals surface area contributed by atoms with Crippen molar-refractivity contribution in [3.8, 4) is 5.75 Å². The van der Waals surface area contributed by atoms with E-state index in [0.29, 0.717) is 24.3 Å². The number of aliphatic hydroxyl groups is 1. The quantitative estimate of drug-likeness (QED) is 0.768. The molecule has 0 amide bonds. The van der Waals surface area contributed by atoms with Gasteiger partial charge in [-0.15, -0.1) is 0 Å². The Labute approximate surface area is 102 Å². The SMILES string of the molecule is CCC(CCO)NCc1ccc(OC)cc1F. The minimum absolute atomic E-state index is 0.149. The van der Waals surface area contributed by atoms with Crippen molar-refractivity contribution in [2.24, 2.45) is 0 Å². The Balaban J connectivity index is 2.56. The summed E-state index contributed by atoms with van der Waals surface area (Å²) < 4.78 is 18.5. The minimum atomic E-state index is -0.268. The maximum absolute atomic E-state index is 13.6. The molecule has 1 aromatic carbocycles. The lowest BCUT2D eigenvalue weighted by molar-refractivity contribution is 0.261. The van der Waals surface area contributed by atoms with E-state index in [-0.39, 0.29) is 18.5 Å². The zero-order valence-electron chi connectivity index (χ0n) is 10.4. The number of halogens is 1. The lowest BCUT2D eigenvalue weighted by Crippen LogP contribution is -2.29. The Morgan fingerprint density at radius 1 is 1.47 bits per heavy atom. The number of benzene rings is 1. The number of hydrogen-bond donors (Lipinski definition) is 2. The van der Waals surface area contributed by atoms with Crippen LogP contribution in [-0.2, 0) is 6.54 Å². The van der Waals surface area contributed by atoms with Crippen LogP contribution in [0.2, 0.25) is 0 Å². The average Bonchev–Trinajstić information content (AvgIpc) is 2.35. The Morgan fingerprint density at radius 2 is 2.24 bits per heavy atom. The molecule has 0 radical (unpaired) electrons. The summed E-state index contributed by atoms with van der Waals surface area (Å²) in [7, 11) is 1.51. The summed E-state index contributed by atoms with van der Waals surface area (Å²) in [6.07, 6.45) is 1.60.